The maximum Gasteiger partial charge on any atom is 0.425 e. The zero-order valence-electron chi connectivity index (χ0n) is 24.7. The van der Waals surface area contributed by atoms with Crippen molar-refractivity contribution in [2.75, 3.05) is 5.32 Å². The minimum atomic E-state index is -5.11. The first-order chi connectivity index (χ1) is 23.7. The zero-order valence-corrected chi connectivity index (χ0v) is 28.0. The van der Waals surface area contributed by atoms with E-state index in [0.717, 1.165) is 48.5 Å². The van der Waals surface area contributed by atoms with E-state index in [9.17, 15) is 51.1 Å². The molecular formula is C24H18N6O17S4. The lowest BCUT2D eigenvalue weighted by atomic mass is 10.1. The third-order valence-electron chi connectivity index (χ3n) is 5.84. The molecular weight excluding hydrogens is 773 g/mol. The van der Waals surface area contributed by atoms with Gasteiger partial charge in [-0.2, -0.15) is 16.8 Å². The number of amides is 1. The molecule has 4 aromatic carbocycles. The number of non-ortho nitro benzene ring substituents is 1. The van der Waals surface area contributed by atoms with Gasteiger partial charge in [0.05, 0.1) is 27.2 Å². The number of hydrogen-bond acceptors (Lipinski definition) is 20. The van der Waals surface area contributed by atoms with Gasteiger partial charge < -0.3 is 15.5 Å². The molecule has 0 bridgehead atoms. The Labute approximate surface area is 289 Å². The zero-order chi connectivity index (χ0) is 38.3. The fourth-order valence-electron chi connectivity index (χ4n) is 3.91. The first kappa shape index (κ1) is 39.9. The average Bonchev–Trinajstić information content (AvgIpc) is 3.01. The maximum atomic E-state index is 12.2. The van der Waals surface area contributed by atoms with Crippen LogP contribution in [0.4, 0.5) is 34.1 Å². The number of nitro groups is 1. The number of rotatable bonds is 11. The quantitative estimate of drug-likeness (QED) is 0.0295. The maximum absolute atomic E-state index is 12.2. The predicted molar refractivity (Wildman–Crippen MR) is 169 cm³/mol. The number of fused-ring (bicyclic) bond motifs is 1. The molecule has 0 aliphatic heterocycles. The van der Waals surface area contributed by atoms with Crippen molar-refractivity contribution in [2.24, 2.45) is 20.5 Å². The Balaban J connectivity index is 0.00000166. The van der Waals surface area contributed by atoms with Crippen LogP contribution in [0.1, 0.15) is 6.92 Å². The number of anilines is 1. The Hall–Kier alpha value is -5.52. The van der Waals surface area contributed by atoms with E-state index in [4.69, 9.17) is 17.9 Å². The van der Waals surface area contributed by atoms with Crippen molar-refractivity contribution in [3.8, 4) is 11.5 Å². The van der Waals surface area contributed by atoms with E-state index in [1.807, 2.05) is 0 Å². The number of phenolic OH excluding ortho intramolecular Hbond substituents is 2. The fraction of sp³-hybridized carbons (Fsp3) is 0.0417. The van der Waals surface area contributed by atoms with Crippen LogP contribution in [0.2, 0.25) is 0 Å². The SMILES string of the molecule is CC(=O)Nc1ccc(S(=O)(=O)O)c(N=Nc2ccc3cc(S(=O)(=O)O)c(N=Nc4ccc([N+](=O)[O-])cc4SOOO)c(O)c3c2O)c1.O=S(=O)=O. The van der Waals surface area contributed by atoms with Gasteiger partial charge in [-0.15, -0.1) is 37.4 Å². The van der Waals surface area contributed by atoms with Gasteiger partial charge in [0.15, 0.2) is 11.5 Å². The molecule has 4 aromatic rings. The number of aromatic hydroxyl groups is 2. The third kappa shape index (κ3) is 10.5. The Kier molecular flexibility index (Phi) is 12.9. The summed E-state index contributed by atoms with van der Waals surface area (Å²) in [5, 5.41) is 61.8. The van der Waals surface area contributed by atoms with Gasteiger partial charge in [-0.3, -0.25) is 24.0 Å². The van der Waals surface area contributed by atoms with Crippen LogP contribution in [0.25, 0.3) is 10.8 Å². The van der Waals surface area contributed by atoms with Gasteiger partial charge in [-0.1, -0.05) is 11.1 Å². The molecule has 4 rings (SSSR count). The second kappa shape index (κ2) is 16.5. The number of nitro benzene ring substituents is 1. The Morgan fingerprint density at radius 3 is 2.00 bits per heavy atom. The van der Waals surface area contributed by atoms with Crippen LogP contribution in [0.5, 0.6) is 11.5 Å². The second-order valence-corrected chi connectivity index (χ2v) is 13.1. The molecule has 0 atom stereocenters. The molecule has 0 radical (unpaired) electrons. The van der Waals surface area contributed by atoms with Crippen molar-refractivity contribution >= 4 is 93.7 Å². The van der Waals surface area contributed by atoms with Crippen molar-refractivity contribution in [1.82, 2.24) is 0 Å². The molecule has 6 N–H and O–H groups in total. The predicted octanol–water partition coefficient (Wildman–Crippen LogP) is 4.87. The third-order valence-corrected chi connectivity index (χ3v) is 8.24. The molecule has 0 fully saturated rings. The van der Waals surface area contributed by atoms with E-state index in [0.29, 0.717) is 0 Å². The number of azo groups is 2. The topological polar surface area (TPSA) is 361 Å². The average molecular weight is 791 g/mol. The number of carbonyl (C=O) groups is 1. The molecule has 270 valence electrons. The molecule has 0 unspecified atom stereocenters. The summed E-state index contributed by atoms with van der Waals surface area (Å²) in [4.78, 5) is 19.9. The molecule has 1 amide bonds. The number of phenols is 2. The highest BCUT2D eigenvalue weighted by molar-refractivity contribution is 7.94. The Morgan fingerprint density at radius 1 is 0.843 bits per heavy atom. The minimum Gasteiger partial charge on any atom is -0.505 e. The smallest absolute Gasteiger partial charge is 0.425 e. The summed E-state index contributed by atoms with van der Waals surface area (Å²) >= 11 is 0.247. The molecule has 27 heteroatoms. The number of hydrogen-bond donors (Lipinski definition) is 6. The van der Waals surface area contributed by atoms with Crippen LogP contribution in [-0.4, -0.2) is 64.9 Å². The minimum absolute atomic E-state index is 0.0806. The fourth-order valence-corrected chi connectivity index (χ4v) is 5.64. The first-order valence-electron chi connectivity index (χ1n) is 12.7. The van der Waals surface area contributed by atoms with Gasteiger partial charge in [-0.05, 0) is 41.8 Å². The summed E-state index contributed by atoms with van der Waals surface area (Å²) < 4.78 is 97.2. The van der Waals surface area contributed by atoms with Crippen LogP contribution in [0.15, 0.2) is 89.7 Å². The van der Waals surface area contributed by atoms with Crippen LogP contribution >= 0.6 is 12.0 Å². The number of carbonyl (C=O) groups excluding carboxylic acids is 1. The second-order valence-electron chi connectivity index (χ2n) is 9.16. The van der Waals surface area contributed by atoms with E-state index < -0.39 is 91.1 Å². The van der Waals surface area contributed by atoms with Crippen molar-refractivity contribution < 1.29 is 73.1 Å². The molecule has 0 saturated carbocycles. The Morgan fingerprint density at radius 2 is 1.43 bits per heavy atom. The van der Waals surface area contributed by atoms with Gasteiger partial charge in [0.1, 0.15) is 32.5 Å². The van der Waals surface area contributed by atoms with Crippen molar-refractivity contribution in [3.63, 3.8) is 0 Å². The highest BCUT2D eigenvalue weighted by atomic mass is 32.2. The van der Waals surface area contributed by atoms with E-state index in [2.05, 4.69) is 35.1 Å². The van der Waals surface area contributed by atoms with E-state index >= 15 is 0 Å². The highest BCUT2D eigenvalue weighted by Gasteiger charge is 2.25. The summed E-state index contributed by atoms with van der Waals surface area (Å²) in [6.45, 7) is 1.18. The largest absolute Gasteiger partial charge is 0.505 e. The summed E-state index contributed by atoms with van der Waals surface area (Å²) in [7, 11) is -13.1. The summed E-state index contributed by atoms with van der Waals surface area (Å²) in [6.07, 6.45) is 0. The van der Waals surface area contributed by atoms with Gasteiger partial charge >= 0.3 is 10.6 Å². The molecule has 0 heterocycles. The highest BCUT2D eigenvalue weighted by Crippen LogP contribution is 2.48. The van der Waals surface area contributed by atoms with Crippen LogP contribution in [0.3, 0.4) is 0 Å². The monoisotopic (exact) mass is 790 g/mol. The standard InChI is InChI=1S/C24H18N6O14S3.O3S/c1-11(31)25-13-3-7-19(46(37,38)39)17(9-13)28-27-16-5-2-12-8-20(47(40,41)42)22(24(33)21(12)23(16)32)29-26-15-6-4-14(30(34)35)10-18(15)45-44-43-36;1-4(2)3/h2-10,32-33,36H,1H3,(H,25,31)(H,37,38,39)(H,40,41,42);. The summed E-state index contributed by atoms with van der Waals surface area (Å²) in [5.41, 5.74) is -2.40. The molecule has 0 aliphatic carbocycles. The lowest BCUT2D eigenvalue weighted by Crippen LogP contribution is -2.06. The van der Waals surface area contributed by atoms with Crippen LogP contribution in [-0.2, 0) is 45.0 Å². The van der Waals surface area contributed by atoms with Gasteiger partial charge in [0.25, 0.3) is 25.9 Å². The van der Waals surface area contributed by atoms with Gasteiger partial charge in [0, 0.05) is 24.7 Å². The summed E-state index contributed by atoms with van der Waals surface area (Å²) in [6, 6.07) is 9.20. The van der Waals surface area contributed by atoms with Gasteiger partial charge in [0.2, 0.25) is 5.91 Å². The first-order valence-corrected chi connectivity index (χ1v) is 17.3. The van der Waals surface area contributed by atoms with E-state index in [1.165, 1.54) is 13.0 Å². The van der Waals surface area contributed by atoms with E-state index in [-0.39, 0.29) is 33.7 Å². The Bertz CT molecular complexity index is 2430. The van der Waals surface area contributed by atoms with Crippen LogP contribution in [0, 0.1) is 10.1 Å². The summed E-state index contributed by atoms with van der Waals surface area (Å²) in [5.74, 6) is -2.40. The molecule has 51 heavy (non-hydrogen) atoms. The molecule has 23 nitrogen and oxygen atoms in total. The van der Waals surface area contributed by atoms with Crippen molar-refractivity contribution in [3.05, 3.63) is 64.7 Å². The molecule has 0 aliphatic rings. The van der Waals surface area contributed by atoms with Gasteiger partial charge in [-0.25, -0.2) is 5.26 Å². The molecule has 0 saturated heterocycles. The normalized spacial score (nSPS) is 11.8. The van der Waals surface area contributed by atoms with Crippen molar-refractivity contribution in [2.45, 2.75) is 21.6 Å². The molecule has 0 spiro atoms. The van der Waals surface area contributed by atoms with Crippen molar-refractivity contribution in [1.29, 1.82) is 0 Å². The number of nitrogens with one attached hydrogen (secondary N) is 1. The van der Waals surface area contributed by atoms with Crippen LogP contribution < -0.4 is 5.32 Å². The lowest BCUT2D eigenvalue weighted by molar-refractivity contribution is -0.432. The number of benzene rings is 4. The molecule has 0 aromatic heterocycles. The van der Waals surface area contributed by atoms with E-state index in [1.54, 1.807) is 0 Å². The lowest BCUT2D eigenvalue weighted by Gasteiger charge is -2.11. The number of nitrogens with zero attached hydrogens (tertiary/aromatic N) is 5.